The van der Waals surface area contributed by atoms with E-state index in [1.807, 2.05) is 31.2 Å². The third kappa shape index (κ3) is 1.41. The molecule has 0 fully saturated rings. The number of aliphatic imine (C=N–C) groups is 1. The van der Waals surface area contributed by atoms with E-state index in [2.05, 4.69) is 4.99 Å². The summed E-state index contributed by atoms with van der Waals surface area (Å²) >= 11 is 0. The highest BCUT2D eigenvalue weighted by atomic mass is 16.4. The highest BCUT2D eigenvalue weighted by Gasteiger charge is 2.23. The Morgan fingerprint density at radius 1 is 1.50 bits per heavy atom. The van der Waals surface area contributed by atoms with Crippen LogP contribution in [0.15, 0.2) is 29.3 Å². The Kier molecular flexibility index (Phi) is 2.08. The van der Waals surface area contributed by atoms with Gasteiger partial charge in [0.25, 0.3) is 0 Å². The normalized spacial score (nSPS) is 19.8. The average Bonchev–Trinajstić information content (AvgIpc) is 2.17. The number of nitrogens with zero attached hydrogens (tertiary/aromatic N) is 1. The van der Waals surface area contributed by atoms with Crippen molar-refractivity contribution in [1.82, 2.24) is 0 Å². The molecule has 1 atom stereocenters. The monoisotopic (exact) mass is 189 g/mol. The van der Waals surface area contributed by atoms with E-state index in [0.717, 1.165) is 16.8 Å². The number of carboxylic acids is 1. The number of carboxylic acid groups (broad SMARTS) is 1. The number of fused-ring (bicyclic) bond motifs is 1. The molecule has 3 nitrogen and oxygen atoms in total. The first-order valence-corrected chi connectivity index (χ1v) is 4.54. The van der Waals surface area contributed by atoms with Crippen LogP contribution in [-0.2, 0) is 11.2 Å². The largest absolute Gasteiger partial charge is 0.480 e. The Labute approximate surface area is 82.1 Å². The molecule has 0 radical (unpaired) electrons. The molecule has 1 unspecified atom stereocenters. The number of hydrogen-bond donors (Lipinski definition) is 1. The van der Waals surface area contributed by atoms with E-state index in [-0.39, 0.29) is 0 Å². The molecular weight excluding hydrogens is 178 g/mol. The Bertz CT molecular complexity index is 410. The fourth-order valence-corrected chi connectivity index (χ4v) is 1.75. The lowest BCUT2D eigenvalue weighted by Gasteiger charge is -2.18. The van der Waals surface area contributed by atoms with E-state index in [0.29, 0.717) is 6.42 Å². The van der Waals surface area contributed by atoms with Crippen molar-refractivity contribution >= 4 is 11.7 Å². The molecule has 1 heterocycles. The first-order chi connectivity index (χ1) is 6.68. The second kappa shape index (κ2) is 3.25. The fraction of sp³-hybridized carbons (Fsp3) is 0.273. The van der Waals surface area contributed by atoms with Crippen molar-refractivity contribution in [2.24, 2.45) is 4.99 Å². The van der Waals surface area contributed by atoms with Gasteiger partial charge < -0.3 is 5.11 Å². The van der Waals surface area contributed by atoms with Crippen molar-refractivity contribution in [3.8, 4) is 0 Å². The van der Waals surface area contributed by atoms with Crippen LogP contribution >= 0.6 is 0 Å². The van der Waals surface area contributed by atoms with E-state index in [4.69, 9.17) is 5.11 Å². The Balaban J connectivity index is 2.44. The van der Waals surface area contributed by atoms with E-state index < -0.39 is 12.0 Å². The minimum Gasteiger partial charge on any atom is -0.480 e. The summed E-state index contributed by atoms with van der Waals surface area (Å²) < 4.78 is 0. The van der Waals surface area contributed by atoms with Gasteiger partial charge in [0, 0.05) is 12.1 Å². The highest BCUT2D eigenvalue weighted by molar-refractivity contribution is 6.02. The predicted molar refractivity (Wildman–Crippen MR) is 53.8 cm³/mol. The molecule has 1 aliphatic heterocycles. The summed E-state index contributed by atoms with van der Waals surface area (Å²) in [6, 6.07) is 7.20. The van der Waals surface area contributed by atoms with E-state index in [1.165, 1.54) is 0 Å². The smallest absolute Gasteiger partial charge is 0.328 e. The number of carbonyl (C=O) groups is 1. The van der Waals surface area contributed by atoms with Gasteiger partial charge in [-0.25, -0.2) is 4.79 Å². The van der Waals surface area contributed by atoms with Crippen molar-refractivity contribution < 1.29 is 9.90 Å². The molecule has 3 heteroatoms. The topological polar surface area (TPSA) is 49.7 Å². The molecule has 2 rings (SSSR count). The molecule has 1 aromatic rings. The quantitative estimate of drug-likeness (QED) is 0.727. The molecule has 0 saturated carbocycles. The van der Waals surface area contributed by atoms with E-state index >= 15 is 0 Å². The summed E-state index contributed by atoms with van der Waals surface area (Å²) in [6.45, 7) is 1.86. The van der Waals surface area contributed by atoms with Gasteiger partial charge in [-0.05, 0) is 18.1 Å². The van der Waals surface area contributed by atoms with Crippen molar-refractivity contribution in [3.05, 3.63) is 35.4 Å². The Hall–Kier alpha value is -1.64. The molecule has 0 saturated heterocycles. The molecule has 72 valence electrons. The minimum absolute atomic E-state index is 0.503. The van der Waals surface area contributed by atoms with Crippen LogP contribution < -0.4 is 0 Å². The minimum atomic E-state index is -0.848. The van der Waals surface area contributed by atoms with Gasteiger partial charge in [-0.1, -0.05) is 24.3 Å². The van der Waals surface area contributed by atoms with Gasteiger partial charge in [-0.3, -0.25) is 4.99 Å². The number of hydrogen-bond acceptors (Lipinski definition) is 2. The summed E-state index contributed by atoms with van der Waals surface area (Å²) in [4.78, 5) is 14.9. The van der Waals surface area contributed by atoms with Crippen LogP contribution in [-0.4, -0.2) is 22.8 Å². The molecule has 1 aromatic carbocycles. The van der Waals surface area contributed by atoms with Crippen molar-refractivity contribution in [2.75, 3.05) is 0 Å². The first kappa shape index (κ1) is 8.94. The zero-order valence-corrected chi connectivity index (χ0v) is 7.90. The van der Waals surface area contributed by atoms with Crippen LogP contribution in [0.5, 0.6) is 0 Å². The second-order valence-electron chi connectivity index (χ2n) is 3.43. The van der Waals surface area contributed by atoms with Gasteiger partial charge in [0.2, 0.25) is 0 Å². The van der Waals surface area contributed by atoms with Crippen LogP contribution in [0.3, 0.4) is 0 Å². The summed E-state index contributed by atoms with van der Waals surface area (Å²) in [5.74, 6) is -0.848. The molecule has 1 N–H and O–H groups in total. The standard InChI is InChI=1S/C11H11NO2/c1-7-9-5-3-2-4-8(9)6-10(12-7)11(13)14/h2-5,10H,6H2,1H3,(H,13,14). The van der Waals surface area contributed by atoms with Crippen LogP contribution in [0.1, 0.15) is 18.1 Å². The second-order valence-corrected chi connectivity index (χ2v) is 3.43. The molecule has 0 aromatic heterocycles. The van der Waals surface area contributed by atoms with Crippen LogP contribution in [0, 0.1) is 0 Å². The van der Waals surface area contributed by atoms with Gasteiger partial charge in [0.15, 0.2) is 6.04 Å². The van der Waals surface area contributed by atoms with Crippen molar-refractivity contribution in [3.63, 3.8) is 0 Å². The summed E-state index contributed by atoms with van der Waals surface area (Å²) in [6.07, 6.45) is 0.503. The lowest BCUT2D eigenvalue weighted by Crippen LogP contribution is -2.26. The van der Waals surface area contributed by atoms with E-state index in [9.17, 15) is 4.79 Å². The van der Waals surface area contributed by atoms with Crippen molar-refractivity contribution in [2.45, 2.75) is 19.4 Å². The lowest BCUT2D eigenvalue weighted by atomic mass is 9.94. The SMILES string of the molecule is CC1=NC(C(=O)O)Cc2ccccc21. The molecule has 0 bridgehead atoms. The number of aliphatic carboxylic acids is 1. The van der Waals surface area contributed by atoms with Crippen LogP contribution in [0.2, 0.25) is 0 Å². The third-order valence-corrected chi connectivity index (χ3v) is 2.45. The summed E-state index contributed by atoms with van der Waals surface area (Å²) in [5.41, 5.74) is 2.97. The maximum atomic E-state index is 10.8. The van der Waals surface area contributed by atoms with Crippen LogP contribution in [0.25, 0.3) is 0 Å². The molecule has 0 aliphatic carbocycles. The molecule has 1 aliphatic rings. The van der Waals surface area contributed by atoms with Crippen LogP contribution in [0.4, 0.5) is 0 Å². The Morgan fingerprint density at radius 3 is 2.93 bits per heavy atom. The predicted octanol–water partition coefficient (Wildman–Crippen LogP) is 1.50. The molecule has 0 amide bonds. The zero-order chi connectivity index (χ0) is 10.1. The van der Waals surface area contributed by atoms with Gasteiger partial charge in [0.05, 0.1) is 0 Å². The molecular formula is C11H11NO2. The first-order valence-electron chi connectivity index (χ1n) is 4.54. The average molecular weight is 189 g/mol. The molecule has 0 spiro atoms. The third-order valence-electron chi connectivity index (χ3n) is 2.45. The summed E-state index contributed by atoms with van der Waals surface area (Å²) in [7, 11) is 0. The van der Waals surface area contributed by atoms with E-state index in [1.54, 1.807) is 0 Å². The maximum Gasteiger partial charge on any atom is 0.328 e. The number of rotatable bonds is 1. The fourth-order valence-electron chi connectivity index (χ4n) is 1.75. The van der Waals surface area contributed by atoms with Gasteiger partial charge in [0.1, 0.15) is 0 Å². The van der Waals surface area contributed by atoms with Gasteiger partial charge in [-0.15, -0.1) is 0 Å². The van der Waals surface area contributed by atoms with Gasteiger partial charge >= 0.3 is 5.97 Å². The molecule has 14 heavy (non-hydrogen) atoms. The maximum absolute atomic E-state index is 10.8. The Morgan fingerprint density at radius 2 is 2.21 bits per heavy atom. The number of benzene rings is 1. The van der Waals surface area contributed by atoms with Crippen molar-refractivity contribution in [1.29, 1.82) is 0 Å². The highest BCUT2D eigenvalue weighted by Crippen LogP contribution is 2.19. The zero-order valence-electron chi connectivity index (χ0n) is 7.90. The summed E-state index contributed by atoms with van der Waals surface area (Å²) in [5, 5.41) is 8.87. The lowest BCUT2D eigenvalue weighted by molar-refractivity contribution is -0.138. The van der Waals surface area contributed by atoms with Gasteiger partial charge in [-0.2, -0.15) is 0 Å².